The third-order valence-corrected chi connectivity index (χ3v) is 5.23. The van der Waals surface area contributed by atoms with E-state index in [4.69, 9.17) is 4.74 Å². The van der Waals surface area contributed by atoms with Crippen LogP contribution < -0.4 is 5.32 Å². The lowest BCUT2D eigenvalue weighted by molar-refractivity contribution is 0.0792. The van der Waals surface area contributed by atoms with Gasteiger partial charge in [-0.15, -0.1) is 23.7 Å². The van der Waals surface area contributed by atoms with Crippen molar-refractivity contribution < 1.29 is 9.53 Å². The van der Waals surface area contributed by atoms with Crippen LogP contribution >= 0.6 is 23.7 Å². The van der Waals surface area contributed by atoms with Crippen LogP contribution in [0.2, 0.25) is 0 Å². The average Bonchev–Trinajstić information content (AvgIpc) is 3.24. The van der Waals surface area contributed by atoms with Crippen molar-refractivity contribution in [2.45, 2.75) is 12.5 Å². The van der Waals surface area contributed by atoms with Crippen LogP contribution in [0.1, 0.15) is 6.42 Å². The summed E-state index contributed by atoms with van der Waals surface area (Å²) in [5.74, 6) is 1.07. The average molecular weight is 352 g/mol. The summed E-state index contributed by atoms with van der Waals surface area (Å²) in [6.45, 7) is 3.06. The zero-order valence-corrected chi connectivity index (χ0v) is 14.1. The molecule has 2 aliphatic rings. The van der Waals surface area contributed by atoms with Gasteiger partial charge in [-0.05, 0) is 18.5 Å². The first kappa shape index (κ1) is 16.2. The number of nitrogens with one attached hydrogen (secondary N) is 1. The van der Waals surface area contributed by atoms with Crippen molar-refractivity contribution in [1.82, 2.24) is 9.88 Å². The van der Waals surface area contributed by atoms with E-state index in [0.29, 0.717) is 11.7 Å². The number of hydrogen-bond acceptors (Lipinski definition) is 5. The molecule has 2 fully saturated rings. The van der Waals surface area contributed by atoms with Gasteiger partial charge in [-0.1, -0.05) is 30.3 Å². The molecule has 1 aromatic carbocycles. The van der Waals surface area contributed by atoms with Gasteiger partial charge in [-0.3, -0.25) is 10.2 Å². The molecule has 7 heteroatoms. The Morgan fingerprint density at radius 2 is 2.13 bits per heavy atom. The van der Waals surface area contributed by atoms with Crippen molar-refractivity contribution in [1.29, 1.82) is 0 Å². The molecule has 2 aliphatic heterocycles. The highest BCUT2D eigenvalue weighted by Crippen LogP contribution is 2.32. The Labute approximate surface area is 145 Å². The molecular weight excluding hydrogens is 334 g/mol. The van der Waals surface area contributed by atoms with E-state index < -0.39 is 6.09 Å². The Morgan fingerprint density at radius 3 is 2.83 bits per heavy atom. The fourth-order valence-corrected chi connectivity index (χ4v) is 4.01. The summed E-state index contributed by atoms with van der Waals surface area (Å²) in [6, 6.07) is 9.93. The number of halogens is 1. The lowest BCUT2D eigenvalue weighted by Gasteiger charge is -2.22. The molecule has 5 nitrogen and oxygen atoms in total. The highest BCUT2D eigenvalue weighted by atomic mass is 35.5. The van der Waals surface area contributed by atoms with E-state index in [2.05, 4.69) is 15.2 Å². The second kappa shape index (κ2) is 6.86. The molecule has 1 N–H and O–H groups in total. The maximum Gasteiger partial charge on any atom is 0.413 e. The molecule has 23 heavy (non-hydrogen) atoms. The standard InChI is InChI=1S/C16H17N3O2S.ClH/c20-16(21-13-9-19-7-6-12(13)8-19)18-15-14(22-10-17-15)11-4-2-1-3-5-11;/h1-5,10,12-13H,6-9H2,(H,18,20);1H. The molecule has 0 spiro atoms. The fourth-order valence-electron chi connectivity index (χ4n) is 3.26. The molecule has 4 rings (SSSR count). The smallest absolute Gasteiger partial charge is 0.413 e. The number of ether oxygens (including phenoxy) is 1. The maximum atomic E-state index is 12.1. The Bertz CT molecular complexity index is 679. The molecule has 2 saturated heterocycles. The Balaban J connectivity index is 0.00000156. The van der Waals surface area contributed by atoms with Crippen LogP contribution in [0.15, 0.2) is 35.8 Å². The Morgan fingerprint density at radius 1 is 1.30 bits per heavy atom. The van der Waals surface area contributed by atoms with E-state index in [-0.39, 0.29) is 18.5 Å². The Kier molecular flexibility index (Phi) is 4.84. The van der Waals surface area contributed by atoms with E-state index in [1.165, 1.54) is 11.3 Å². The molecule has 3 heterocycles. The van der Waals surface area contributed by atoms with Crippen molar-refractivity contribution in [2.75, 3.05) is 25.0 Å². The van der Waals surface area contributed by atoms with Gasteiger partial charge < -0.3 is 4.74 Å². The predicted molar refractivity (Wildman–Crippen MR) is 93.2 cm³/mol. The lowest BCUT2D eigenvalue weighted by atomic mass is 10.0. The van der Waals surface area contributed by atoms with Crippen molar-refractivity contribution >= 4 is 35.7 Å². The van der Waals surface area contributed by atoms with Crippen molar-refractivity contribution in [3.8, 4) is 10.4 Å². The molecule has 0 saturated carbocycles. The number of carbonyl (C=O) groups excluding carboxylic acids is 1. The number of carbonyl (C=O) groups is 1. The second-order valence-electron chi connectivity index (χ2n) is 5.77. The number of aromatic nitrogens is 1. The molecule has 1 amide bonds. The normalized spacial score (nSPS) is 25.0. The van der Waals surface area contributed by atoms with Crippen LogP contribution in [-0.4, -0.2) is 41.7 Å². The fraction of sp³-hybridized carbons (Fsp3) is 0.375. The van der Waals surface area contributed by atoms with Gasteiger partial charge >= 0.3 is 6.09 Å². The summed E-state index contributed by atoms with van der Waals surface area (Å²) in [6.07, 6.45) is 0.749. The molecule has 1 aromatic heterocycles. The van der Waals surface area contributed by atoms with Crippen molar-refractivity contribution in [2.24, 2.45) is 5.92 Å². The first-order valence-corrected chi connectivity index (χ1v) is 8.36. The number of amides is 1. The second-order valence-corrected chi connectivity index (χ2v) is 6.63. The summed E-state index contributed by atoms with van der Waals surface area (Å²) in [4.78, 5) is 19.7. The van der Waals surface area contributed by atoms with Crippen LogP contribution in [0.4, 0.5) is 10.6 Å². The number of benzene rings is 1. The summed E-state index contributed by atoms with van der Waals surface area (Å²) in [7, 11) is 0. The first-order chi connectivity index (χ1) is 10.8. The number of anilines is 1. The molecule has 0 aliphatic carbocycles. The van der Waals surface area contributed by atoms with Crippen LogP contribution in [0.3, 0.4) is 0 Å². The highest BCUT2D eigenvalue weighted by molar-refractivity contribution is 7.13. The molecule has 3 unspecified atom stereocenters. The highest BCUT2D eigenvalue weighted by Gasteiger charge is 2.40. The van der Waals surface area contributed by atoms with Crippen LogP contribution in [0, 0.1) is 5.92 Å². The number of piperidine rings is 1. The first-order valence-electron chi connectivity index (χ1n) is 7.48. The van der Waals surface area contributed by atoms with Gasteiger partial charge in [0, 0.05) is 19.0 Å². The number of hydrogen-bond donors (Lipinski definition) is 1. The van der Waals surface area contributed by atoms with Crippen LogP contribution in [-0.2, 0) is 4.74 Å². The molecule has 2 aromatic rings. The third kappa shape index (κ3) is 3.34. The van der Waals surface area contributed by atoms with Crippen LogP contribution in [0.5, 0.6) is 0 Å². The van der Waals surface area contributed by atoms with Gasteiger partial charge in [-0.25, -0.2) is 9.78 Å². The predicted octanol–water partition coefficient (Wildman–Crippen LogP) is 3.48. The van der Waals surface area contributed by atoms with E-state index >= 15 is 0 Å². The third-order valence-electron chi connectivity index (χ3n) is 4.36. The number of thiazole rings is 1. The van der Waals surface area contributed by atoms with Crippen molar-refractivity contribution in [3.63, 3.8) is 0 Å². The van der Waals surface area contributed by atoms with E-state index in [1.54, 1.807) is 5.51 Å². The number of rotatable bonds is 3. The quantitative estimate of drug-likeness (QED) is 0.919. The summed E-state index contributed by atoms with van der Waals surface area (Å²) >= 11 is 1.51. The van der Waals surface area contributed by atoms with Crippen molar-refractivity contribution in [3.05, 3.63) is 35.8 Å². The van der Waals surface area contributed by atoms with Crippen LogP contribution in [0.25, 0.3) is 10.4 Å². The Hall–Kier alpha value is -1.63. The summed E-state index contributed by atoms with van der Waals surface area (Å²) in [5.41, 5.74) is 2.78. The van der Waals surface area contributed by atoms with Gasteiger partial charge in [-0.2, -0.15) is 0 Å². The minimum atomic E-state index is -0.401. The summed E-state index contributed by atoms with van der Waals surface area (Å²) < 4.78 is 5.58. The van der Waals surface area contributed by atoms with Gasteiger partial charge in [0.15, 0.2) is 5.82 Å². The topological polar surface area (TPSA) is 54.5 Å². The maximum absolute atomic E-state index is 12.1. The van der Waals surface area contributed by atoms with Gasteiger partial charge in [0.25, 0.3) is 0 Å². The molecule has 0 radical (unpaired) electrons. The monoisotopic (exact) mass is 351 g/mol. The lowest BCUT2D eigenvalue weighted by Crippen LogP contribution is -2.33. The minimum Gasteiger partial charge on any atom is -0.444 e. The van der Waals surface area contributed by atoms with E-state index in [9.17, 15) is 4.79 Å². The van der Waals surface area contributed by atoms with Gasteiger partial charge in [0.2, 0.25) is 0 Å². The van der Waals surface area contributed by atoms with E-state index in [1.807, 2.05) is 30.3 Å². The SMILES string of the molecule is Cl.O=C(Nc1ncsc1-c1ccccc1)OC1CN2CCC1C2. The zero-order valence-electron chi connectivity index (χ0n) is 12.5. The molecule has 2 bridgehead atoms. The molecular formula is C16H18ClN3O2S. The summed E-state index contributed by atoms with van der Waals surface area (Å²) in [5, 5.41) is 2.80. The number of fused-ring (bicyclic) bond motifs is 2. The largest absolute Gasteiger partial charge is 0.444 e. The van der Waals surface area contributed by atoms with Gasteiger partial charge in [0.05, 0.1) is 10.4 Å². The molecule has 3 atom stereocenters. The minimum absolute atomic E-state index is 0. The number of nitrogens with zero attached hydrogens (tertiary/aromatic N) is 2. The molecule has 122 valence electrons. The van der Waals surface area contributed by atoms with E-state index in [0.717, 1.165) is 36.5 Å². The van der Waals surface area contributed by atoms with Gasteiger partial charge in [0.1, 0.15) is 6.10 Å². The zero-order chi connectivity index (χ0) is 14.9.